The molecular weight excluding hydrogens is 523 g/mol. The largest absolute Gasteiger partial charge is 0.497 e. The van der Waals surface area contributed by atoms with Crippen molar-refractivity contribution in [2.45, 2.75) is 51.2 Å². The highest BCUT2D eigenvalue weighted by molar-refractivity contribution is 5.81. The minimum Gasteiger partial charge on any atom is -0.497 e. The predicted molar refractivity (Wildman–Crippen MR) is 148 cm³/mol. The molecule has 0 bridgehead atoms. The summed E-state index contributed by atoms with van der Waals surface area (Å²) in [6.07, 6.45) is 3.40. The first-order chi connectivity index (χ1) is 19.1. The lowest BCUT2D eigenvalue weighted by Gasteiger charge is -2.24. The number of nitrogens with one attached hydrogen (secondary N) is 1. The number of nitrogens with zero attached hydrogens (tertiary/aromatic N) is 2. The highest BCUT2D eigenvalue weighted by Crippen LogP contribution is 2.38. The molecule has 0 atom stereocenters. The molecule has 2 aromatic heterocycles. The molecule has 0 amide bonds. The molecule has 40 heavy (non-hydrogen) atoms. The number of imidazole rings is 1. The number of hydrogen-bond donors (Lipinski definition) is 2. The Morgan fingerprint density at radius 2 is 1.62 bits per heavy atom. The lowest BCUT2D eigenvalue weighted by atomic mass is 9.95. The van der Waals surface area contributed by atoms with Crippen LogP contribution in [0.5, 0.6) is 11.5 Å². The third kappa shape index (κ3) is 6.67. The molecule has 7 nitrogen and oxygen atoms in total. The Labute approximate surface area is 230 Å². The molecule has 0 saturated heterocycles. The maximum absolute atomic E-state index is 10.6. The van der Waals surface area contributed by atoms with Crippen molar-refractivity contribution in [1.82, 2.24) is 9.38 Å². The maximum Gasteiger partial charge on any atom is 0.490 e. The van der Waals surface area contributed by atoms with E-state index in [2.05, 4.69) is 65.3 Å². The molecule has 0 radical (unpaired) electrons. The number of hydrogen-bond acceptors (Lipinski definition) is 5. The van der Waals surface area contributed by atoms with Gasteiger partial charge in [0.05, 0.1) is 14.2 Å². The molecule has 0 spiro atoms. The number of aliphatic carboxylic acids is 1. The minimum absolute atomic E-state index is 0.485. The van der Waals surface area contributed by atoms with Gasteiger partial charge >= 0.3 is 12.1 Å². The van der Waals surface area contributed by atoms with E-state index in [0.717, 1.165) is 45.3 Å². The summed E-state index contributed by atoms with van der Waals surface area (Å²) in [5.74, 6) is -0.0189. The fourth-order valence-electron chi connectivity index (χ4n) is 4.78. The average Bonchev–Trinajstić information content (AvgIpc) is 3.30. The number of benzene rings is 2. The summed E-state index contributed by atoms with van der Waals surface area (Å²) in [5, 5.41) is 11.0. The number of carbonyl (C=O) groups is 1. The molecule has 0 aliphatic heterocycles. The second-order valence-corrected chi connectivity index (χ2v) is 9.67. The Morgan fingerprint density at radius 3 is 2.23 bits per heavy atom. The summed E-state index contributed by atoms with van der Waals surface area (Å²) in [7, 11) is 3.40. The van der Waals surface area contributed by atoms with Crippen molar-refractivity contribution >= 4 is 17.4 Å². The molecular formula is C30H32F3N3O4. The molecule has 1 aliphatic rings. The van der Waals surface area contributed by atoms with Crippen LogP contribution in [0.2, 0.25) is 0 Å². The number of carboxylic acids is 1. The number of fused-ring (bicyclic) bond motifs is 1. The molecule has 10 heteroatoms. The van der Waals surface area contributed by atoms with E-state index in [1.165, 1.54) is 37.7 Å². The fourth-order valence-corrected chi connectivity index (χ4v) is 4.78. The Kier molecular flexibility index (Phi) is 8.86. The minimum atomic E-state index is -5.08. The first-order valence-corrected chi connectivity index (χ1v) is 13.0. The Bertz CT molecular complexity index is 1460. The van der Waals surface area contributed by atoms with Crippen LogP contribution in [0.1, 0.15) is 37.7 Å². The summed E-state index contributed by atoms with van der Waals surface area (Å²) < 4.78 is 45.1. The lowest BCUT2D eigenvalue weighted by molar-refractivity contribution is -0.192. The Hall–Kier alpha value is -4.21. The van der Waals surface area contributed by atoms with Crippen LogP contribution in [0.3, 0.4) is 0 Å². The zero-order chi connectivity index (χ0) is 28.9. The van der Waals surface area contributed by atoms with Gasteiger partial charge in [-0.15, -0.1) is 0 Å². The topological polar surface area (TPSA) is 85.1 Å². The van der Waals surface area contributed by atoms with E-state index in [9.17, 15) is 13.2 Å². The summed E-state index contributed by atoms with van der Waals surface area (Å²) >= 11 is 0. The molecule has 2 aromatic carbocycles. The van der Waals surface area contributed by atoms with E-state index in [1.807, 2.05) is 12.1 Å². The highest BCUT2D eigenvalue weighted by Gasteiger charge is 2.38. The monoisotopic (exact) mass is 555 g/mol. The van der Waals surface area contributed by atoms with Crippen LogP contribution in [0.25, 0.3) is 28.0 Å². The summed E-state index contributed by atoms with van der Waals surface area (Å²) in [5.41, 5.74) is 6.31. The molecule has 2 N–H and O–H groups in total. The van der Waals surface area contributed by atoms with Gasteiger partial charge in [0.2, 0.25) is 0 Å². The number of methoxy groups -OCH3 is 2. The summed E-state index contributed by atoms with van der Waals surface area (Å²) in [6, 6.07) is 19.1. The molecule has 212 valence electrons. The number of alkyl halides is 3. The van der Waals surface area contributed by atoms with Gasteiger partial charge < -0.3 is 19.9 Å². The number of anilines is 1. The van der Waals surface area contributed by atoms with Crippen LogP contribution >= 0.6 is 0 Å². The van der Waals surface area contributed by atoms with Crippen LogP contribution < -0.4 is 14.8 Å². The number of halogens is 3. The number of ether oxygens (including phenoxy) is 2. The van der Waals surface area contributed by atoms with Crippen LogP contribution in [0.4, 0.5) is 19.0 Å². The lowest BCUT2D eigenvalue weighted by Crippen LogP contribution is -2.23. The van der Waals surface area contributed by atoms with Crippen molar-refractivity contribution in [2.75, 3.05) is 19.5 Å². The van der Waals surface area contributed by atoms with Crippen molar-refractivity contribution in [2.24, 2.45) is 0 Å². The quantitative estimate of drug-likeness (QED) is 0.258. The van der Waals surface area contributed by atoms with Gasteiger partial charge in [0.15, 0.2) is 0 Å². The Morgan fingerprint density at radius 1 is 0.975 bits per heavy atom. The smallest absolute Gasteiger partial charge is 0.490 e. The predicted octanol–water partition coefficient (Wildman–Crippen LogP) is 7.37. The van der Waals surface area contributed by atoms with Gasteiger partial charge in [-0.3, -0.25) is 4.40 Å². The number of rotatable bonds is 6. The van der Waals surface area contributed by atoms with Crippen molar-refractivity contribution in [3.63, 3.8) is 0 Å². The highest BCUT2D eigenvalue weighted by atomic mass is 19.4. The second-order valence-electron chi connectivity index (χ2n) is 9.67. The SMILES string of the molecule is COc1ccc(-c2ccc(-c3nc4ccc(C)cn4c3NC3CCCCC3)cc2OC)cc1.O=C(O)C(F)(F)F. The van der Waals surface area contributed by atoms with Crippen LogP contribution in [0.15, 0.2) is 60.8 Å². The molecule has 1 fully saturated rings. The van der Waals surface area contributed by atoms with Crippen LogP contribution in [-0.4, -0.2) is 46.9 Å². The van der Waals surface area contributed by atoms with E-state index in [0.29, 0.717) is 6.04 Å². The van der Waals surface area contributed by atoms with Gasteiger partial charge in [0.25, 0.3) is 0 Å². The van der Waals surface area contributed by atoms with E-state index in [-0.39, 0.29) is 0 Å². The molecule has 1 aliphatic carbocycles. The maximum atomic E-state index is 10.6. The van der Waals surface area contributed by atoms with Crippen LogP contribution in [-0.2, 0) is 4.79 Å². The summed E-state index contributed by atoms with van der Waals surface area (Å²) in [6.45, 7) is 2.12. The van der Waals surface area contributed by atoms with E-state index < -0.39 is 12.1 Å². The molecule has 5 rings (SSSR count). The van der Waals surface area contributed by atoms with Gasteiger partial charge in [-0.05, 0) is 61.2 Å². The van der Waals surface area contributed by atoms with Gasteiger partial charge in [-0.1, -0.05) is 43.5 Å². The van der Waals surface area contributed by atoms with Crippen molar-refractivity contribution in [1.29, 1.82) is 0 Å². The number of carboxylic acid groups (broad SMARTS) is 1. The van der Waals surface area contributed by atoms with Crippen molar-refractivity contribution in [3.05, 3.63) is 66.4 Å². The van der Waals surface area contributed by atoms with Crippen molar-refractivity contribution < 1.29 is 32.5 Å². The number of aromatic nitrogens is 2. The third-order valence-corrected chi connectivity index (χ3v) is 6.83. The first kappa shape index (κ1) is 28.8. The normalized spacial score (nSPS) is 13.8. The van der Waals surface area contributed by atoms with E-state index in [4.69, 9.17) is 24.4 Å². The summed E-state index contributed by atoms with van der Waals surface area (Å²) in [4.78, 5) is 13.9. The standard InChI is InChI=1S/C28H31N3O2.C2HF3O2/c1-19-9-16-26-30-27(28(31(26)18-19)29-22-7-5-4-6-8-22)21-12-15-24(25(17-21)33-3)20-10-13-23(32-2)14-11-20;3-2(4,5)1(6)7/h9-18,22,29H,4-8H2,1-3H3;(H,6,7). The number of pyridine rings is 1. The van der Waals surface area contributed by atoms with Gasteiger partial charge in [-0.2, -0.15) is 13.2 Å². The molecule has 0 unspecified atom stereocenters. The van der Waals surface area contributed by atoms with Gasteiger partial charge in [0, 0.05) is 23.4 Å². The first-order valence-electron chi connectivity index (χ1n) is 13.0. The van der Waals surface area contributed by atoms with Gasteiger partial charge in [0.1, 0.15) is 28.7 Å². The number of aryl methyl sites for hydroxylation is 1. The van der Waals surface area contributed by atoms with Crippen molar-refractivity contribution in [3.8, 4) is 33.9 Å². The molecule has 1 saturated carbocycles. The van der Waals surface area contributed by atoms with Gasteiger partial charge in [-0.25, -0.2) is 9.78 Å². The van der Waals surface area contributed by atoms with E-state index in [1.54, 1.807) is 14.2 Å². The second kappa shape index (κ2) is 12.3. The zero-order valence-corrected chi connectivity index (χ0v) is 22.6. The molecule has 2 heterocycles. The Balaban J connectivity index is 0.000000470. The fraction of sp³-hybridized carbons (Fsp3) is 0.333. The average molecular weight is 556 g/mol. The third-order valence-electron chi connectivity index (χ3n) is 6.83. The molecule has 4 aromatic rings. The van der Waals surface area contributed by atoms with Crippen LogP contribution in [0, 0.1) is 6.92 Å². The van der Waals surface area contributed by atoms with E-state index >= 15 is 0 Å². The zero-order valence-electron chi connectivity index (χ0n) is 22.6.